The Kier molecular flexibility index (Phi) is 5.66. The Hall–Kier alpha value is -3.74. The molecule has 0 bridgehead atoms. The van der Waals surface area contributed by atoms with Gasteiger partial charge in [-0.3, -0.25) is 9.78 Å². The lowest BCUT2D eigenvalue weighted by Gasteiger charge is -2.19. The largest absolute Gasteiger partial charge is 0.361 e. The molecular weight excluding hydrogens is 392 g/mol. The number of nitrogens with zero attached hydrogens (tertiary/aromatic N) is 3. The summed E-state index contributed by atoms with van der Waals surface area (Å²) in [6.07, 6.45) is 3.92. The van der Waals surface area contributed by atoms with Crippen molar-refractivity contribution in [1.82, 2.24) is 20.6 Å². The molecule has 158 valence electrons. The van der Waals surface area contributed by atoms with E-state index in [2.05, 4.69) is 20.6 Å². The van der Waals surface area contributed by atoms with Crippen LogP contribution in [0, 0.1) is 27.7 Å². The number of pyridine rings is 1. The molecule has 4 rings (SSSR count). The van der Waals surface area contributed by atoms with Gasteiger partial charge in [-0.2, -0.15) is 0 Å². The van der Waals surface area contributed by atoms with Crippen molar-refractivity contribution in [3.05, 3.63) is 99.5 Å². The van der Waals surface area contributed by atoms with E-state index < -0.39 is 0 Å². The zero-order chi connectivity index (χ0) is 22.0. The minimum absolute atomic E-state index is 0.263. The van der Waals surface area contributed by atoms with Crippen LogP contribution in [0.5, 0.6) is 0 Å². The normalized spacial score (nSPS) is 12.0. The minimum atomic E-state index is -0.370. The van der Waals surface area contributed by atoms with Gasteiger partial charge in [0.1, 0.15) is 11.5 Å². The molecule has 0 radical (unpaired) electrons. The Morgan fingerprint density at radius 3 is 2.29 bits per heavy atom. The summed E-state index contributed by atoms with van der Waals surface area (Å²) in [7, 11) is 0. The van der Waals surface area contributed by atoms with E-state index >= 15 is 0 Å². The smallest absolute Gasteiger partial charge is 0.274 e. The predicted molar refractivity (Wildman–Crippen MR) is 115 cm³/mol. The van der Waals surface area contributed by atoms with Gasteiger partial charge in [-0.1, -0.05) is 46.2 Å². The van der Waals surface area contributed by atoms with Crippen molar-refractivity contribution in [1.29, 1.82) is 0 Å². The molecule has 0 aliphatic heterocycles. The quantitative estimate of drug-likeness (QED) is 0.501. The van der Waals surface area contributed by atoms with E-state index in [4.69, 9.17) is 9.05 Å². The molecule has 7 heteroatoms. The minimum Gasteiger partial charge on any atom is -0.361 e. The summed E-state index contributed by atoms with van der Waals surface area (Å²) in [6, 6.07) is 11.5. The summed E-state index contributed by atoms with van der Waals surface area (Å²) in [5.41, 5.74) is 5.69. The number of aryl methyl sites for hydroxylation is 4. The van der Waals surface area contributed by atoms with Gasteiger partial charge in [0.15, 0.2) is 5.69 Å². The van der Waals surface area contributed by atoms with Gasteiger partial charge in [-0.25, -0.2) is 0 Å². The molecule has 0 aliphatic carbocycles. The topological polar surface area (TPSA) is 94.1 Å². The maximum atomic E-state index is 13.3. The van der Waals surface area contributed by atoms with Crippen LogP contribution in [0.2, 0.25) is 0 Å². The third-order valence-corrected chi connectivity index (χ3v) is 5.44. The molecule has 31 heavy (non-hydrogen) atoms. The molecule has 0 spiro atoms. The van der Waals surface area contributed by atoms with Gasteiger partial charge in [0.25, 0.3) is 5.91 Å². The van der Waals surface area contributed by atoms with Crippen LogP contribution in [0.15, 0.2) is 57.8 Å². The lowest BCUT2D eigenvalue weighted by Crippen LogP contribution is -2.30. The number of rotatable bonds is 6. The van der Waals surface area contributed by atoms with Gasteiger partial charge in [-0.15, -0.1) is 0 Å². The second kappa shape index (κ2) is 8.55. The summed E-state index contributed by atoms with van der Waals surface area (Å²) in [6.45, 7) is 7.56. The Bertz CT molecular complexity index is 1170. The number of carbonyl (C=O) groups is 1. The molecule has 0 unspecified atom stereocenters. The molecule has 1 amide bonds. The molecule has 7 nitrogen and oxygen atoms in total. The van der Waals surface area contributed by atoms with Gasteiger partial charge in [0.05, 0.1) is 11.7 Å². The van der Waals surface area contributed by atoms with E-state index in [1.807, 2.05) is 57.2 Å². The number of benzene rings is 1. The second-order valence-corrected chi connectivity index (χ2v) is 7.65. The first-order valence-electron chi connectivity index (χ1n) is 10.1. The number of carbonyl (C=O) groups excluding carboxylic acids is 1. The molecule has 4 aromatic rings. The van der Waals surface area contributed by atoms with Crippen molar-refractivity contribution in [3.63, 3.8) is 0 Å². The van der Waals surface area contributed by atoms with Crippen molar-refractivity contribution < 1.29 is 13.8 Å². The maximum absolute atomic E-state index is 13.3. The molecule has 3 heterocycles. The first-order valence-corrected chi connectivity index (χ1v) is 10.1. The second-order valence-electron chi connectivity index (χ2n) is 7.65. The third kappa shape index (κ3) is 4.26. The summed E-state index contributed by atoms with van der Waals surface area (Å²) in [5, 5.41) is 11.2. The van der Waals surface area contributed by atoms with Gasteiger partial charge >= 0.3 is 0 Å². The Labute approximate surface area is 180 Å². The third-order valence-electron chi connectivity index (χ3n) is 5.44. The standard InChI is InChI=1S/C24H24N4O3/c1-14-7-9-18(10-8-14)22(19-6-5-11-25-13-19)26-24(29)23-21(17(4)31-28-23)12-20-15(2)27-30-16(20)3/h5-11,13,22H,12H2,1-4H3,(H,26,29)/t22-/m0/s1. The number of amides is 1. The van der Waals surface area contributed by atoms with Crippen molar-refractivity contribution in [2.24, 2.45) is 0 Å². The van der Waals surface area contributed by atoms with Crippen LogP contribution in [0.4, 0.5) is 0 Å². The zero-order valence-electron chi connectivity index (χ0n) is 18.0. The zero-order valence-corrected chi connectivity index (χ0v) is 18.0. The monoisotopic (exact) mass is 416 g/mol. The molecule has 0 fully saturated rings. The number of aromatic nitrogens is 3. The molecule has 0 saturated carbocycles. The van der Waals surface area contributed by atoms with E-state index in [0.29, 0.717) is 12.2 Å². The maximum Gasteiger partial charge on any atom is 0.274 e. The number of nitrogens with one attached hydrogen (secondary N) is 1. The van der Waals surface area contributed by atoms with E-state index in [1.165, 1.54) is 0 Å². The molecular formula is C24H24N4O3. The highest BCUT2D eigenvalue weighted by Crippen LogP contribution is 2.25. The molecule has 1 aromatic carbocycles. The molecule has 1 atom stereocenters. The van der Waals surface area contributed by atoms with Gasteiger partial charge < -0.3 is 14.4 Å². The molecule has 0 saturated heterocycles. The van der Waals surface area contributed by atoms with Crippen LogP contribution in [0.3, 0.4) is 0 Å². The van der Waals surface area contributed by atoms with E-state index in [9.17, 15) is 4.79 Å². The Morgan fingerprint density at radius 2 is 1.65 bits per heavy atom. The van der Waals surface area contributed by atoms with Gasteiger partial charge in [0.2, 0.25) is 0 Å². The highest BCUT2D eigenvalue weighted by Gasteiger charge is 2.25. The van der Waals surface area contributed by atoms with Crippen molar-refractivity contribution in [2.75, 3.05) is 0 Å². The lowest BCUT2D eigenvalue weighted by atomic mass is 9.98. The Morgan fingerprint density at radius 1 is 0.935 bits per heavy atom. The fraction of sp³-hybridized carbons (Fsp3) is 0.250. The molecule has 1 N–H and O–H groups in total. The van der Waals surface area contributed by atoms with Crippen LogP contribution in [-0.2, 0) is 6.42 Å². The molecule has 0 aliphatic rings. The molecule has 3 aromatic heterocycles. The first kappa shape index (κ1) is 20.5. The fourth-order valence-electron chi connectivity index (χ4n) is 3.57. The van der Waals surface area contributed by atoms with Crippen LogP contribution < -0.4 is 5.32 Å². The van der Waals surface area contributed by atoms with E-state index in [1.54, 1.807) is 19.3 Å². The van der Waals surface area contributed by atoms with Crippen LogP contribution >= 0.6 is 0 Å². The SMILES string of the molecule is Cc1ccc([C@H](NC(=O)c2noc(C)c2Cc2c(C)noc2C)c2cccnc2)cc1. The van der Waals surface area contributed by atoms with Gasteiger partial charge in [-0.05, 0) is 44.9 Å². The van der Waals surface area contributed by atoms with Crippen molar-refractivity contribution in [2.45, 2.75) is 40.2 Å². The average Bonchev–Trinajstić information content (AvgIpc) is 3.30. The number of hydrogen-bond acceptors (Lipinski definition) is 6. The predicted octanol–water partition coefficient (Wildman–Crippen LogP) is 4.40. The van der Waals surface area contributed by atoms with E-state index in [0.717, 1.165) is 39.3 Å². The van der Waals surface area contributed by atoms with Crippen LogP contribution in [0.1, 0.15) is 61.6 Å². The summed E-state index contributed by atoms with van der Waals surface area (Å²) >= 11 is 0. The Balaban J connectivity index is 1.66. The number of hydrogen-bond donors (Lipinski definition) is 1. The highest BCUT2D eigenvalue weighted by molar-refractivity contribution is 5.94. The average molecular weight is 416 g/mol. The summed E-state index contributed by atoms with van der Waals surface area (Å²) in [4.78, 5) is 17.5. The fourth-order valence-corrected chi connectivity index (χ4v) is 3.57. The van der Waals surface area contributed by atoms with E-state index in [-0.39, 0.29) is 17.6 Å². The van der Waals surface area contributed by atoms with Crippen LogP contribution in [0.25, 0.3) is 0 Å². The van der Waals surface area contributed by atoms with Crippen molar-refractivity contribution >= 4 is 5.91 Å². The highest BCUT2D eigenvalue weighted by atomic mass is 16.5. The van der Waals surface area contributed by atoms with Crippen LogP contribution in [-0.4, -0.2) is 21.2 Å². The summed E-state index contributed by atoms with van der Waals surface area (Å²) < 4.78 is 10.6. The lowest BCUT2D eigenvalue weighted by molar-refractivity contribution is 0.0933. The van der Waals surface area contributed by atoms with Crippen molar-refractivity contribution in [3.8, 4) is 0 Å². The van der Waals surface area contributed by atoms with Gasteiger partial charge in [0, 0.05) is 29.9 Å². The summed E-state index contributed by atoms with van der Waals surface area (Å²) in [5.74, 6) is 1.00. The first-order chi connectivity index (χ1) is 14.9.